The number of nitrogens with zero attached hydrogens (tertiary/aromatic N) is 2. The van der Waals surface area contributed by atoms with Gasteiger partial charge in [0.15, 0.2) is 0 Å². The third-order valence-corrected chi connectivity index (χ3v) is 13.5. The summed E-state index contributed by atoms with van der Waals surface area (Å²) >= 11 is 0. The first-order valence-corrected chi connectivity index (χ1v) is 17.8. The van der Waals surface area contributed by atoms with Gasteiger partial charge < -0.3 is 14.1 Å². The molecule has 0 spiro atoms. The summed E-state index contributed by atoms with van der Waals surface area (Å²) < 4.78 is 9.48. The van der Waals surface area contributed by atoms with Crippen molar-refractivity contribution in [2.75, 3.05) is 6.54 Å². The second-order valence-electron chi connectivity index (χ2n) is 13.0. The summed E-state index contributed by atoms with van der Waals surface area (Å²) in [5, 5.41) is 11.3. The number of carboxylic acid groups (broad SMARTS) is 1. The SMILES string of the molecule is CCC1c2c(c3c(O[Si](C)(C)C(C)(C)C)cccc3n2Cc2ccccc2)C(CC(=O)O)CN1Cc1ccccc1. The summed E-state index contributed by atoms with van der Waals surface area (Å²) in [6, 6.07) is 27.7. The molecule has 0 aliphatic carbocycles. The Morgan fingerprint density at radius 2 is 1.54 bits per heavy atom. The minimum absolute atomic E-state index is 0.0424. The first-order valence-electron chi connectivity index (χ1n) is 14.9. The summed E-state index contributed by atoms with van der Waals surface area (Å²) in [6.45, 7) is 15.8. The zero-order valence-corrected chi connectivity index (χ0v) is 26.4. The van der Waals surface area contributed by atoms with E-state index < -0.39 is 14.3 Å². The maximum atomic E-state index is 12.3. The van der Waals surface area contributed by atoms with E-state index >= 15 is 0 Å². The van der Waals surface area contributed by atoms with Crippen molar-refractivity contribution in [1.82, 2.24) is 9.47 Å². The number of aliphatic carboxylic acids is 1. The van der Waals surface area contributed by atoms with Gasteiger partial charge in [0.25, 0.3) is 8.32 Å². The van der Waals surface area contributed by atoms with Crippen LogP contribution in [0.2, 0.25) is 18.1 Å². The van der Waals surface area contributed by atoms with Crippen molar-refractivity contribution in [2.45, 2.75) is 83.7 Å². The second kappa shape index (κ2) is 11.5. The van der Waals surface area contributed by atoms with Gasteiger partial charge in [-0.05, 0) is 53.4 Å². The highest BCUT2D eigenvalue weighted by molar-refractivity contribution is 6.74. The van der Waals surface area contributed by atoms with Crippen LogP contribution in [0.15, 0.2) is 78.9 Å². The molecule has 0 amide bonds. The van der Waals surface area contributed by atoms with E-state index in [1.807, 2.05) is 6.07 Å². The fourth-order valence-electron chi connectivity index (χ4n) is 6.14. The molecule has 0 radical (unpaired) electrons. The lowest BCUT2D eigenvalue weighted by molar-refractivity contribution is -0.137. The minimum atomic E-state index is -2.15. The first kappa shape index (κ1) is 29.1. The lowest BCUT2D eigenvalue weighted by Crippen LogP contribution is -2.44. The van der Waals surface area contributed by atoms with E-state index in [9.17, 15) is 9.90 Å². The normalized spacial score (nSPS) is 17.9. The highest BCUT2D eigenvalue weighted by Crippen LogP contribution is 2.49. The molecule has 41 heavy (non-hydrogen) atoms. The molecule has 1 aliphatic rings. The Morgan fingerprint density at radius 1 is 0.927 bits per heavy atom. The number of fused-ring (bicyclic) bond motifs is 3. The van der Waals surface area contributed by atoms with Crippen LogP contribution in [-0.4, -0.2) is 35.4 Å². The highest BCUT2D eigenvalue weighted by Gasteiger charge is 2.42. The highest BCUT2D eigenvalue weighted by atomic mass is 28.4. The topological polar surface area (TPSA) is 54.7 Å². The van der Waals surface area contributed by atoms with Gasteiger partial charge in [-0.1, -0.05) is 94.4 Å². The molecule has 1 aromatic heterocycles. The maximum absolute atomic E-state index is 12.3. The monoisotopic (exact) mass is 568 g/mol. The van der Waals surface area contributed by atoms with Crippen molar-refractivity contribution in [3.8, 4) is 5.75 Å². The van der Waals surface area contributed by atoms with E-state index in [-0.39, 0.29) is 23.4 Å². The van der Waals surface area contributed by atoms with Gasteiger partial charge >= 0.3 is 5.97 Å². The molecule has 2 heterocycles. The largest absolute Gasteiger partial charge is 0.543 e. The standard InChI is InChI=1S/C35H44N2O3Si/c1-7-28-34-32(27(21-31(38)39)24-36(28)22-25-15-10-8-11-16-25)33-29(37(34)23-26-17-12-9-13-18-26)19-14-20-30(33)40-41(5,6)35(2,3)4/h8-20,27-28H,7,21-24H2,1-6H3,(H,38,39). The molecule has 0 bridgehead atoms. The fourth-order valence-corrected chi connectivity index (χ4v) is 7.16. The van der Waals surface area contributed by atoms with Gasteiger partial charge in [0.2, 0.25) is 0 Å². The molecule has 2 atom stereocenters. The van der Waals surface area contributed by atoms with Crippen molar-refractivity contribution >= 4 is 25.2 Å². The Hall–Kier alpha value is -3.35. The third kappa shape index (κ3) is 5.86. The van der Waals surface area contributed by atoms with Crippen molar-refractivity contribution in [3.05, 3.63) is 101 Å². The number of carbonyl (C=O) groups is 1. The zero-order valence-electron chi connectivity index (χ0n) is 25.4. The van der Waals surface area contributed by atoms with Gasteiger partial charge in [0.05, 0.1) is 18.0 Å². The van der Waals surface area contributed by atoms with Gasteiger partial charge in [-0.15, -0.1) is 0 Å². The van der Waals surface area contributed by atoms with E-state index in [4.69, 9.17) is 4.43 Å². The van der Waals surface area contributed by atoms with Crippen LogP contribution >= 0.6 is 0 Å². The molecule has 3 aromatic carbocycles. The van der Waals surface area contributed by atoms with Crippen molar-refractivity contribution in [3.63, 3.8) is 0 Å². The molecule has 5 nitrogen and oxygen atoms in total. The van der Waals surface area contributed by atoms with Crippen LogP contribution in [-0.2, 0) is 17.9 Å². The molecule has 0 fully saturated rings. The van der Waals surface area contributed by atoms with Gasteiger partial charge in [0, 0.05) is 36.6 Å². The van der Waals surface area contributed by atoms with Gasteiger partial charge in [-0.3, -0.25) is 9.69 Å². The Balaban J connectivity index is 1.76. The molecule has 216 valence electrons. The van der Waals surface area contributed by atoms with E-state index in [1.54, 1.807) is 0 Å². The van der Waals surface area contributed by atoms with Gasteiger partial charge in [-0.25, -0.2) is 0 Å². The molecular formula is C35H44N2O3Si. The number of hydrogen-bond acceptors (Lipinski definition) is 3. The molecule has 1 N–H and O–H groups in total. The van der Waals surface area contributed by atoms with Crippen molar-refractivity contribution < 1.29 is 14.3 Å². The molecule has 6 heteroatoms. The number of rotatable bonds is 9. The number of aromatic nitrogens is 1. The van der Waals surface area contributed by atoms with E-state index in [0.717, 1.165) is 36.2 Å². The number of carboxylic acids is 1. The maximum Gasteiger partial charge on any atom is 0.304 e. The molecule has 2 unspecified atom stereocenters. The lowest BCUT2D eigenvalue weighted by Gasteiger charge is -2.41. The molecule has 0 saturated heterocycles. The molecule has 0 saturated carbocycles. The molecular weight excluding hydrogens is 524 g/mol. The van der Waals surface area contributed by atoms with Crippen LogP contribution in [0.1, 0.15) is 74.9 Å². The van der Waals surface area contributed by atoms with Crippen LogP contribution < -0.4 is 4.43 Å². The predicted octanol–water partition coefficient (Wildman–Crippen LogP) is 8.60. The Bertz CT molecular complexity index is 1510. The van der Waals surface area contributed by atoms with Gasteiger partial charge in [0.1, 0.15) is 5.75 Å². The fraction of sp³-hybridized carbons (Fsp3) is 0.400. The first-order chi connectivity index (χ1) is 19.5. The quantitative estimate of drug-likeness (QED) is 0.205. The Morgan fingerprint density at radius 3 is 2.10 bits per heavy atom. The van der Waals surface area contributed by atoms with Crippen molar-refractivity contribution in [2.24, 2.45) is 0 Å². The summed E-state index contributed by atoms with van der Waals surface area (Å²) in [6.07, 6.45) is 1.02. The number of hydrogen-bond donors (Lipinski definition) is 1. The minimum Gasteiger partial charge on any atom is -0.543 e. The second-order valence-corrected chi connectivity index (χ2v) is 17.7. The lowest BCUT2D eigenvalue weighted by atomic mass is 9.84. The van der Waals surface area contributed by atoms with E-state index in [1.165, 1.54) is 22.4 Å². The third-order valence-electron chi connectivity index (χ3n) is 9.14. The Kier molecular flexibility index (Phi) is 8.17. The zero-order chi connectivity index (χ0) is 29.4. The summed E-state index contributed by atoms with van der Waals surface area (Å²) in [5.74, 6) is -0.000999. The molecule has 5 rings (SSSR count). The Labute approximate surface area is 245 Å². The van der Waals surface area contributed by atoms with E-state index in [2.05, 4.69) is 123 Å². The van der Waals surface area contributed by atoms with Gasteiger partial charge in [-0.2, -0.15) is 0 Å². The molecule has 4 aromatic rings. The molecule has 1 aliphatic heterocycles. The van der Waals surface area contributed by atoms with Crippen molar-refractivity contribution in [1.29, 1.82) is 0 Å². The number of benzene rings is 3. The van der Waals surface area contributed by atoms with Crippen LogP contribution in [0.4, 0.5) is 0 Å². The average Bonchev–Trinajstić information content (AvgIpc) is 3.24. The predicted molar refractivity (Wildman–Crippen MR) is 170 cm³/mol. The smallest absolute Gasteiger partial charge is 0.304 e. The van der Waals surface area contributed by atoms with Crippen LogP contribution in [0.25, 0.3) is 10.9 Å². The van der Waals surface area contributed by atoms with Crippen LogP contribution in [0.3, 0.4) is 0 Å². The van der Waals surface area contributed by atoms with Crippen LogP contribution in [0, 0.1) is 0 Å². The van der Waals surface area contributed by atoms with E-state index in [0.29, 0.717) is 6.54 Å². The van der Waals surface area contributed by atoms with Crippen LogP contribution in [0.5, 0.6) is 5.75 Å². The summed E-state index contributed by atoms with van der Waals surface area (Å²) in [4.78, 5) is 14.8. The summed E-state index contributed by atoms with van der Waals surface area (Å²) in [7, 11) is -2.15. The summed E-state index contributed by atoms with van der Waals surface area (Å²) in [5.41, 5.74) is 6.02. The average molecular weight is 569 g/mol.